The standard InChI is InChI=1S/2C9H20.2H3O3PS.Zn/c2*1-3-5-7-9-8-6-4-2;2*1-4(2,3)5;/h2*3-9H2,1-2H3;2*(H3,1,2,3,5);. The Morgan fingerprint density at radius 3 is 0.621 bits per heavy atom. The average Bonchev–Trinajstić information content (AvgIpc) is 2.52. The molecule has 0 aliphatic heterocycles. The van der Waals surface area contributed by atoms with Gasteiger partial charge in [-0.15, -0.1) is 0 Å². The Hall–Kier alpha value is 1.68. The SMILES string of the molecule is CCCCCCCCC.CCCCCCCCC.OP(O)(O)=S.OP(O)(O)=S.[Zn]. The van der Waals surface area contributed by atoms with E-state index >= 15 is 0 Å². The Labute approximate surface area is 202 Å². The molecular formula is C18H46O6P2S2Zn. The first kappa shape index (κ1) is 41.0. The van der Waals surface area contributed by atoms with Crippen LogP contribution in [0.5, 0.6) is 0 Å². The number of rotatable bonds is 12. The second-order valence-electron chi connectivity index (χ2n) is 6.56. The molecule has 0 bridgehead atoms. The molecule has 0 amide bonds. The van der Waals surface area contributed by atoms with E-state index in [1.165, 1.54) is 89.9 Å². The van der Waals surface area contributed by atoms with Gasteiger partial charge in [0.25, 0.3) is 0 Å². The van der Waals surface area contributed by atoms with Crippen molar-refractivity contribution in [2.75, 3.05) is 0 Å². The van der Waals surface area contributed by atoms with Crippen LogP contribution >= 0.6 is 13.4 Å². The molecule has 0 aliphatic carbocycles. The Balaban J connectivity index is -0.0000000907. The summed E-state index contributed by atoms with van der Waals surface area (Å²) in [7, 11) is 0. The summed E-state index contributed by atoms with van der Waals surface area (Å²) in [6.07, 6.45) is 19.9. The zero-order valence-electron chi connectivity index (χ0n) is 19.0. The number of hydrogen-bond donors (Lipinski definition) is 6. The number of hydrogen-bond acceptors (Lipinski definition) is 2. The predicted molar refractivity (Wildman–Crippen MR) is 129 cm³/mol. The molecule has 0 aliphatic rings. The van der Waals surface area contributed by atoms with Gasteiger partial charge < -0.3 is 29.4 Å². The van der Waals surface area contributed by atoms with Gasteiger partial charge in [0.1, 0.15) is 0 Å². The van der Waals surface area contributed by atoms with E-state index in [2.05, 4.69) is 51.3 Å². The van der Waals surface area contributed by atoms with Gasteiger partial charge in [-0.2, -0.15) is 0 Å². The van der Waals surface area contributed by atoms with Gasteiger partial charge in [-0.1, -0.05) is 118 Å². The van der Waals surface area contributed by atoms with Gasteiger partial charge in [-0.05, 0) is 23.6 Å². The minimum absolute atomic E-state index is 0. The van der Waals surface area contributed by atoms with Gasteiger partial charge in [0.2, 0.25) is 0 Å². The van der Waals surface area contributed by atoms with Crippen LogP contribution in [0.25, 0.3) is 0 Å². The van der Waals surface area contributed by atoms with Gasteiger partial charge in [0, 0.05) is 19.5 Å². The van der Waals surface area contributed by atoms with Crippen molar-refractivity contribution in [3.63, 3.8) is 0 Å². The first-order valence-electron chi connectivity index (χ1n) is 10.4. The van der Waals surface area contributed by atoms with Gasteiger partial charge in [0.05, 0.1) is 0 Å². The van der Waals surface area contributed by atoms with Gasteiger partial charge in [0.15, 0.2) is 0 Å². The summed E-state index contributed by atoms with van der Waals surface area (Å²) in [5.74, 6) is 0. The maximum absolute atomic E-state index is 7.56. The third-order valence-electron chi connectivity index (χ3n) is 3.41. The van der Waals surface area contributed by atoms with Crippen LogP contribution in [-0.2, 0) is 43.1 Å². The van der Waals surface area contributed by atoms with E-state index in [9.17, 15) is 0 Å². The molecule has 0 heterocycles. The maximum atomic E-state index is 7.56. The monoisotopic (exact) mass is 548 g/mol. The fourth-order valence-corrected chi connectivity index (χ4v) is 2.06. The molecule has 0 radical (unpaired) electrons. The molecule has 6 nitrogen and oxygen atoms in total. The minimum atomic E-state index is -3.81. The van der Waals surface area contributed by atoms with Crippen LogP contribution in [-0.4, -0.2) is 29.4 Å². The Morgan fingerprint density at radius 2 is 0.517 bits per heavy atom. The molecule has 0 fully saturated rings. The molecule has 0 saturated heterocycles. The molecule has 0 spiro atoms. The Morgan fingerprint density at radius 1 is 0.414 bits per heavy atom. The smallest absolute Gasteiger partial charge is 0.319 e. The van der Waals surface area contributed by atoms with E-state index in [0.717, 1.165) is 0 Å². The van der Waals surface area contributed by atoms with E-state index in [1.807, 2.05) is 0 Å². The Kier molecular flexibility index (Phi) is 45.0. The van der Waals surface area contributed by atoms with Crippen molar-refractivity contribution in [1.29, 1.82) is 0 Å². The normalized spacial score (nSPS) is 10.3. The van der Waals surface area contributed by atoms with Crippen LogP contribution in [0.2, 0.25) is 0 Å². The molecule has 0 saturated carbocycles. The van der Waals surface area contributed by atoms with Crippen molar-refractivity contribution in [2.24, 2.45) is 0 Å². The summed E-state index contributed by atoms with van der Waals surface area (Å²) in [5.41, 5.74) is 0. The quantitative estimate of drug-likeness (QED) is 0.101. The summed E-state index contributed by atoms with van der Waals surface area (Å²) in [6, 6.07) is 0. The summed E-state index contributed by atoms with van der Waals surface area (Å²) < 4.78 is 0. The fourth-order valence-electron chi connectivity index (χ4n) is 2.06. The second-order valence-corrected chi connectivity index (χ2v) is 11.6. The van der Waals surface area contributed by atoms with E-state index in [0.29, 0.717) is 0 Å². The van der Waals surface area contributed by atoms with Crippen molar-refractivity contribution < 1.29 is 48.8 Å². The van der Waals surface area contributed by atoms with Crippen molar-refractivity contribution in [3.05, 3.63) is 0 Å². The van der Waals surface area contributed by atoms with Crippen molar-refractivity contribution in [3.8, 4) is 0 Å². The molecule has 178 valence electrons. The zero-order chi connectivity index (χ0) is 22.9. The van der Waals surface area contributed by atoms with Crippen molar-refractivity contribution in [2.45, 2.75) is 118 Å². The molecule has 29 heavy (non-hydrogen) atoms. The molecule has 0 aromatic heterocycles. The molecule has 11 heteroatoms. The minimum Gasteiger partial charge on any atom is -0.325 e. The predicted octanol–water partition coefficient (Wildman–Crippen LogP) is 5.89. The van der Waals surface area contributed by atoms with Crippen LogP contribution in [0, 0.1) is 0 Å². The molecule has 0 atom stereocenters. The Bertz CT molecular complexity index is 306. The van der Waals surface area contributed by atoms with Crippen LogP contribution in [0.1, 0.15) is 118 Å². The fraction of sp³-hybridized carbons (Fsp3) is 1.00. The summed E-state index contributed by atoms with van der Waals surface area (Å²) >= 11 is 7.21. The van der Waals surface area contributed by atoms with E-state index in [-0.39, 0.29) is 19.5 Å². The molecule has 6 N–H and O–H groups in total. The van der Waals surface area contributed by atoms with Crippen LogP contribution in [0.15, 0.2) is 0 Å². The second kappa shape index (κ2) is 31.9. The van der Waals surface area contributed by atoms with Gasteiger partial charge in [-0.25, -0.2) is 0 Å². The molecular weight excluding hydrogens is 504 g/mol. The molecule has 0 rings (SSSR count). The third-order valence-corrected chi connectivity index (χ3v) is 3.41. The first-order chi connectivity index (χ1) is 12.8. The zero-order valence-corrected chi connectivity index (χ0v) is 25.4. The average molecular weight is 550 g/mol. The summed E-state index contributed by atoms with van der Waals surface area (Å²) in [6.45, 7) is 1.44. The van der Waals surface area contributed by atoms with E-state index in [1.54, 1.807) is 0 Å². The maximum Gasteiger partial charge on any atom is 0.319 e. The summed E-state index contributed by atoms with van der Waals surface area (Å²) in [5, 5.41) is 0. The van der Waals surface area contributed by atoms with Crippen molar-refractivity contribution >= 4 is 37.1 Å². The molecule has 0 unspecified atom stereocenters. The molecule has 0 aromatic carbocycles. The third kappa shape index (κ3) is 121. The molecule has 0 aromatic rings. The van der Waals surface area contributed by atoms with Crippen LogP contribution < -0.4 is 0 Å². The topological polar surface area (TPSA) is 121 Å². The van der Waals surface area contributed by atoms with Crippen molar-refractivity contribution in [1.82, 2.24) is 0 Å². The number of unbranched alkanes of at least 4 members (excludes halogenated alkanes) is 12. The van der Waals surface area contributed by atoms with Gasteiger partial charge >= 0.3 is 13.4 Å². The van der Waals surface area contributed by atoms with E-state index < -0.39 is 13.4 Å². The largest absolute Gasteiger partial charge is 0.325 e. The van der Waals surface area contributed by atoms with Crippen LogP contribution in [0.3, 0.4) is 0 Å². The van der Waals surface area contributed by atoms with Crippen LogP contribution in [0.4, 0.5) is 0 Å². The summed E-state index contributed by atoms with van der Waals surface area (Å²) in [4.78, 5) is 45.3. The van der Waals surface area contributed by atoms with Gasteiger partial charge in [-0.3, -0.25) is 0 Å². The first-order valence-corrected chi connectivity index (χ1v) is 15.7. The van der Waals surface area contributed by atoms with E-state index in [4.69, 9.17) is 29.4 Å².